The van der Waals surface area contributed by atoms with Gasteiger partial charge < -0.3 is 11.7 Å². The molecule has 0 radical (unpaired) electrons. The predicted octanol–water partition coefficient (Wildman–Crippen LogP) is -0.633. The molecular weight excluding hydrogens is 388 g/mol. The molecule has 0 bridgehead atoms. The number of hydrogen-bond donors (Lipinski definition) is 4. The molecule has 8 N–H and O–H groups in total. The van der Waals surface area contributed by atoms with Crippen LogP contribution < -0.4 is 23.4 Å². The van der Waals surface area contributed by atoms with Crippen molar-refractivity contribution in [1.29, 1.82) is 0 Å². The molecule has 160 valence electrons. The van der Waals surface area contributed by atoms with Crippen LogP contribution in [0.2, 0.25) is 0 Å². The van der Waals surface area contributed by atoms with Gasteiger partial charge in [-0.05, 0) is 40.0 Å². The van der Waals surface area contributed by atoms with E-state index in [-0.39, 0.29) is 5.54 Å². The second-order valence-electron chi connectivity index (χ2n) is 7.20. The Morgan fingerprint density at radius 1 is 0.852 bits per heavy atom. The van der Waals surface area contributed by atoms with E-state index in [1.54, 1.807) is 0 Å². The second-order valence-corrected chi connectivity index (χ2v) is 10.6. The van der Waals surface area contributed by atoms with Crippen LogP contribution in [-0.4, -0.2) is 65.2 Å². The summed E-state index contributed by atoms with van der Waals surface area (Å²) < 4.78 is 24.5. The molecule has 0 amide bonds. The molecule has 0 aromatic rings. The van der Waals surface area contributed by atoms with Gasteiger partial charge in [-0.25, -0.2) is 11.7 Å². The zero-order chi connectivity index (χ0) is 21.1. The van der Waals surface area contributed by atoms with Crippen molar-refractivity contribution in [1.82, 2.24) is 10.0 Å². The van der Waals surface area contributed by atoms with E-state index < -0.39 is 27.1 Å². The Bertz CT molecular complexity index is 544. The minimum absolute atomic E-state index is 0.378. The third kappa shape index (κ3) is 9.49. The van der Waals surface area contributed by atoms with E-state index in [1.807, 2.05) is 27.7 Å². The van der Waals surface area contributed by atoms with Crippen LogP contribution in [0.3, 0.4) is 0 Å². The minimum atomic E-state index is -1.07. The van der Waals surface area contributed by atoms with Crippen molar-refractivity contribution in [2.24, 2.45) is 33.6 Å². The summed E-state index contributed by atoms with van der Waals surface area (Å²) in [5.74, 6) is 23.7. The van der Waals surface area contributed by atoms with Crippen molar-refractivity contribution in [3.05, 3.63) is 0 Å². The number of hydrazine groups is 2. The number of hydrogen-bond acceptors (Lipinski definition) is 8. The normalized spacial score (nSPS) is 17.1. The van der Waals surface area contributed by atoms with E-state index in [0.717, 1.165) is 6.42 Å². The van der Waals surface area contributed by atoms with Gasteiger partial charge in [0, 0.05) is 44.6 Å². The van der Waals surface area contributed by atoms with Gasteiger partial charge in [-0.15, -0.1) is 0 Å². The minimum Gasteiger partial charge on any atom is -0.322 e. The highest BCUT2D eigenvalue weighted by Gasteiger charge is 2.27. The highest BCUT2D eigenvalue weighted by Crippen LogP contribution is 2.20. The third-order valence-corrected chi connectivity index (χ3v) is 7.71. The van der Waals surface area contributed by atoms with Crippen LogP contribution in [0.1, 0.15) is 47.0 Å². The zero-order valence-electron chi connectivity index (χ0n) is 16.8. The fourth-order valence-corrected chi connectivity index (χ4v) is 5.43. The molecule has 0 heterocycles. The number of nitrogens with zero attached hydrogens (tertiary/aromatic N) is 4. The fourth-order valence-electron chi connectivity index (χ4n) is 2.14. The summed E-state index contributed by atoms with van der Waals surface area (Å²) in [6, 6.07) is 0. The Morgan fingerprint density at radius 3 is 1.74 bits per heavy atom. The van der Waals surface area contributed by atoms with Crippen LogP contribution in [0.4, 0.5) is 0 Å². The zero-order valence-corrected chi connectivity index (χ0v) is 18.5. The molecule has 0 aliphatic rings. The first-order valence-corrected chi connectivity index (χ1v) is 11.7. The van der Waals surface area contributed by atoms with Crippen molar-refractivity contribution in [3.8, 4) is 0 Å². The summed E-state index contributed by atoms with van der Waals surface area (Å²) in [7, 11) is -2.14. The summed E-state index contributed by atoms with van der Waals surface area (Å²) in [5, 5.41) is 9.68. The van der Waals surface area contributed by atoms with Crippen LogP contribution in [-0.2, 0) is 21.6 Å². The van der Waals surface area contributed by atoms with E-state index >= 15 is 0 Å². The Balaban J connectivity index is 4.36. The van der Waals surface area contributed by atoms with E-state index in [0.29, 0.717) is 35.9 Å². The molecule has 0 aliphatic carbocycles. The molecule has 0 aromatic carbocycles. The van der Waals surface area contributed by atoms with Crippen molar-refractivity contribution >= 4 is 34.3 Å². The van der Waals surface area contributed by atoms with Crippen LogP contribution >= 0.6 is 0 Å². The first-order valence-electron chi connectivity index (χ1n) is 8.77. The number of nitrogens with two attached hydrogens (primary N) is 4. The van der Waals surface area contributed by atoms with Crippen LogP contribution in [0.25, 0.3) is 0 Å². The average Bonchev–Trinajstić information content (AvgIpc) is 2.63. The lowest BCUT2D eigenvalue weighted by molar-refractivity contribution is 0.189. The Labute approximate surface area is 167 Å². The summed E-state index contributed by atoms with van der Waals surface area (Å²) in [5.41, 5.74) is -0.799. The highest BCUT2D eigenvalue weighted by molar-refractivity contribution is 7.88. The third-order valence-electron chi connectivity index (χ3n) is 4.81. The molecular formula is C15H36N8O2S2. The summed E-state index contributed by atoms with van der Waals surface area (Å²) in [4.78, 5) is 0. The van der Waals surface area contributed by atoms with Crippen molar-refractivity contribution in [2.45, 2.75) is 58.0 Å². The van der Waals surface area contributed by atoms with Gasteiger partial charge in [-0.3, -0.25) is 18.4 Å². The number of rotatable bonds is 14. The van der Waals surface area contributed by atoms with Gasteiger partial charge in [0.25, 0.3) is 0 Å². The molecule has 27 heavy (non-hydrogen) atoms. The molecule has 0 saturated carbocycles. The molecule has 0 fully saturated rings. The lowest BCUT2D eigenvalue weighted by Gasteiger charge is -2.35. The van der Waals surface area contributed by atoms with Gasteiger partial charge in [-0.2, -0.15) is 10.2 Å². The maximum absolute atomic E-state index is 12.3. The lowest BCUT2D eigenvalue weighted by atomic mass is 9.95. The Hall–Kier alpha value is -1.24. The lowest BCUT2D eigenvalue weighted by Crippen LogP contribution is -2.50. The monoisotopic (exact) mass is 424 g/mol. The molecule has 10 nitrogen and oxygen atoms in total. The van der Waals surface area contributed by atoms with Crippen molar-refractivity contribution in [2.75, 3.05) is 23.0 Å². The molecule has 0 spiro atoms. The van der Waals surface area contributed by atoms with Crippen LogP contribution in [0.5, 0.6) is 0 Å². The first kappa shape index (κ1) is 25.8. The molecule has 12 heteroatoms. The predicted molar refractivity (Wildman–Crippen MR) is 115 cm³/mol. The highest BCUT2D eigenvalue weighted by atomic mass is 32.2. The number of hydrazone groups is 2. The summed E-state index contributed by atoms with van der Waals surface area (Å²) in [6.45, 7) is 7.80. The maximum Gasteiger partial charge on any atom is 0.125 e. The second kappa shape index (κ2) is 12.3. The van der Waals surface area contributed by atoms with E-state index in [4.69, 9.17) is 23.4 Å². The first-order chi connectivity index (χ1) is 12.5. The Kier molecular flexibility index (Phi) is 11.7. The van der Waals surface area contributed by atoms with Gasteiger partial charge >= 0.3 is 0 Å². The molecule has 0 aliphatic heterocycles. The van der Waals surface area contributed by atoms with Gasteiger partial charge in [0.2, 0.25) is 0 Å². The van der Waals surface area contributed by atoms with Gasteiger partial charge in [0.15, 0.2) is 0 Å². The van der Waals surface area contributed by atoms with Crippen LogP contribution in [0, 0.1) is 0 Å². The standard InChI is InChI=1S/C15H36N8O2S2/c1-5-15(4,23(19)13-21-17)7-9-27(25)11-10-26(24)8-6-14(2,3)22(18)12-20-16/h12-13H,5-11,16-19H2,1-4H3/b20-12-,21-13-. The molecule has 0 saturated heterocycles. The van der Waals surface area contributed by atoms with E-state index in [9.17, 15) is 8.42 Å². The van der Waals surface area contributed by atoms with Crippen LogP contribution in [0.15, 0.2) is 10.2 Å². The summed E-state index contributed by atoms with van der Waals surface area (Å²) >= 11 is 0. The SMILES string of the molecule is CCC(C)(CCS(=O)CCS(=O)CCC(C)(C)N(N)/C=N\N)N(N)/C=N\N. The van der Waals surface area contributed by atoms with Gasteiger partial charge in [0.1, 0.15) is 12.7 Å². The maximum atomic E-state index is 12.3. The smallest absolute Gasteiger partial charge is 0.125 e. The quantitative estimate of drug-likeness (QED) is 0.123. The van der Waals surface area contributed by atoms with Crippen molar-refractivity contribution < 1.29 is 8.42 Å². The Morgan fingerprint density at radius 2 is 1.30 bits per heavy atom. The van der Waals surface area contributed by atoms with E-state index in [2.05, 4.69) is 10.2 Å². The molecule has 0 aromatic heterocycles. The average molecular weight is 425 g/mol. The van der Waals surface area contributed by atoms with Gasteiger partial charge in [0.05, 0.1) is 11.1 Å². The molecule has 0 rings (SSSR count). The fraction of sp³-hybridized carbons (Fsp3) is 0.867. The van der Waals surface area contributed by atoms with E-state index in [1.165, 1.54) is 22.7 Å². The molecule has 3 unspecified atom stereocenters. The topological polar surface area (TPSA) is 169 Å². The van der Waals surface area contributed by atoms with Gasteiger partial charge in [-0.1, -0.05) is 6.92 Å². The largest absolute Gasteiger partial charge is 0.322 e. The molecule has 3 atom stereocenters. The van der Waals surface area contributed by atoms with Crippen molar-refractivity contribution in [3.63, 3.8) is 0 Å². The summed E-state index contributed by atoms with van der Waals surface area (Å²) in [6.07, 6.45) is 4.68.